The molecule has 1 aromatic carbocycles. The van der Waals surface area contributed by atoms with Crippen LogP contribution >= 0.6 is 0 Å². The number of carbonyl (C=O) groups excluding carboxylic acids is 1. The number of hydrogen-bond donors (Lipinski definition) is 1. The molecule has 1 heterocycles. The lowest BCUT2D eigenvalue weighted by molar-refractivity contribution is 0.00578. The predicted octanol–water partition coefficient (Wildman–Crippen LogP) is 4.34. The van der Waals surface area contributed by atoms with Crippen LogP contribution in [0, 0.1) is 0 Å². The first-order valence-electron chi connectivity index (χ1n) is 9.03. The molecule has 0 atom stereocenters. The molecule has 0 bridgehead atoms. The van der Waals surface area contributed by atoms with Crippen LogP contribution in [-0.2, 0) is 14.0 Å². The number of carboxylic acid groups (broad SMARTS) is 1. The average molecular weight is 390 g/mol. The lowest BCUT2D eigenvalue weighted by Gasteiger charge is -2.32. The van der Waals surface area contributed by atoms with Crippen molar-refractivity contribution in [3.8, 4) is 5.75 Å². The molecule has 8 heteroatoms. The van der Waals surface area contributed by atoms with E-state index in [1.165, 1.54) is 6.07 Å². The minimum Gasteiger partial charge on any atom is -0.478 e. The van der Waals surface area contributed by atoms with Crippen molar-refractivity contribution in [1.29, 1.82) is 0 Å². The van der Waals surface area contributed by atoms with Crippen LogP contribution in [0.4, 0.5) is 4.79 Å². The summed E-state index contributed by atoms with van der Waals surface area (Å²) < 4.78 is 22.2. The second kappa shape index (κ2) is 7.60. The number of hydrogen-bond acceptors (Lipinski definition) is 6. The summed E-state index contributed by atoms with van der Waals surface area (Å²) in [5.41, 5.74) is -1.53. The van der Waals surface area contributed by atoms with Gasteiger partial charge in [-0.1, -0.05) is 24.2 Å². The summed E-state index contributed by atoms with van der Waals surface area (Å²) in [5, 5.41) is 9.45. The Bertz CT molecular complexity index is 774. The third-order valence-electron chi connectivity index (χ3n) is 4.56. The molecule has 0 amide bonds. The summed E-state index contributed by atoms with van der Waals surface area (Å²) in [5.74, 6) is 0.334. The maximum Gasteiger partial charge on any atom is 0.514 e. The lowest BCUT2D eigenvalue weighted by Crippen LogP contribution is -2.41. The molecule has 1 aliphatic heterocycles. The van der Waals surface area contributed by atoms with E-state index in [1.54, 1.807) is 45.0 Å². The van der Waals surface area contributed by atoms with E-state index in [0.717, 1.165) is 0 Å². The summed E-state index contributed by atoms with van der Waals surface area (Å²) in [6.07, 6.45) is 0.625. The zero-order chi connectivity index (χ0) is 21.3. The zero-order valence-corrected chi connectivity index (χ0v) is 17.4. The van der Waals surface area contributed by atoms with Crippen LogP contribution in [0.25, 0.3) is 6.08 Å². The van der Waals surface area contributed by atoms with Crippen LogP contribution in [0.5, 0.6) is 5.75 Å². The van der Waals surface area contributed by atoms with Crippen LogP contribution in [-0.4, -0.2) is 41.2 Å². The third-order valence-corrected chi connectivity index (χ3v) is 4.56. The molecule has 1 saturated heterocycles. The average Bonchev–Trinajstić information content (AvgIpc) is 2.71. The van der Waals surface area contributed by atoms with E-state index in [4.69, 9.17) is 18.8 Å². The summed E-state index contributed by atoms with van der Waals surface area (Å²) >= 11 is 0. The number of ether oxygens (including phenoxy) is 2. The highest BCUT2D eigenvalue weighted by atomic mass is 16.7. The van der Waals surface area contributed by atoms with E-state index >= 15 is 0 Å². The van der Waals surface area contributed by atoms with E-state index in [2.05, 4.69) is 0 Å². The minimum atomic E-state index is -1.22. The Morgan fingerprint density at radius 2 is 1.68 bits per heavy atom. The number of aromatic carboxylic acids is 1. The van der Waals surface area contributed by atoms with Gasteiger partial charge in [0.2, 0.25) is 0 Å². The molecule has 1 aromatic rings. The number of para-hydroxylation sites is 1. The first-order valence-corrected chi connectivity index (χ1v) is 9.03. The van der Waals surface area contributed by atoms with Gasteiger partial charge in [0.15, 0.2) is 5.75 Å². The largest absolute Gasteiger partial charge is 0.514 e. The van der Waals surface area contributed by atoms with Crippen molar-refractivity contribution in [2.45, 2.75) is 65.3 Å². The van der Waals surface area contributed by atoms with E-state index in [1.807, 2.05) is 27.7 Å². The molecule has 0 radical (unpaired) electrons. The highest BCUT2D eigenvalue weighted by Gasteiger charge is 2.50. The zero-order valence-electron chi connectivity index (χ0n) is 17.4. The van der Waals surface area contributed by atoms with Gasteiger partial charge in [0.25, 0.3) is 0 Å². The van der Waals surface area contributed by atoms with Gasteiger partial charge in [0.05, 0.1) is 11.2 Å². The van der Waals surface area contributed by atoms with Gasteiger partial charge in [-0.15, -0.1) is 0 Å². The number of rotatable bonds is 4. The molecule has 2 rings (SSSR count). The fraction of sp³-hybridized carbons (Fsp3) is 0.500. The third kappa shape index (κ3) is 5.14. The number of benzene rings is 1. The summed E-state index contributed by atoms with van der Waals surface area (Å²) in [6, 6.07) is 4.55. The monoisotopic (exact) mass is 390 g/mol. The SMILES string of the molecule is CC(C)(C)OC(=O)Oc1c(/C=C/B2OC(C)(C)C(C)(C)O2)cccc1C(=O)O. The van der Waals surface area contributed by atoms with Gasteiger partial charge in [0, 0.05) is 5.56 Å². The van der Waals surface area contributed by atoms with E-state index < -0.39 is 36.0 Å². The fourth-order valence-electron chi connectivity index (χ4n) is 2.47. The Labute approximate surface area is 165 Å². The van der Waals surface area contributed by atoms with Gasteiger partial charge >= 0.3 is 19.2 Å². The van der Waals surface area contributed by atoms with Crippen molar-refractivity contribution in [3.05, 3.63) is 35.3 Å². The molecule has 7 nitrogen and oxygen atoms in total. The quantitative estimate of drug-likeness (QED) is 0.464. The molecule has 1 aliphatic rings. The number of carboxylic acids is 1. The highest BCUT2D eigenvalue weighted by Crippen LogP contribution is 2.37. The molecule has 1 fully saturated rings. The van der Waals surface area contributed by atoms with Crippen molar-refractivity contribution in [2.24, 2.45) is 0 Å². The van der Waals surface area contributed by atoms with Crippen LogP contribution in [0.2, 0.25) is 0 Å². The molecular weight excluding hydrogens is 363 g/mol. The minimum absolute atomic E-state index is 0.1000. The van der Waals surface area contributed by atoms with Gasteiger partial charge < -0.3 is 23.9 Å². The Hall–Kier alpha value is -2.32. The van der Waals surface area contributed by atoms with E-state index in [0.29, 0.717) is 5.56 Å². The second-order valence-corrected chi connectivity index (χ2v) is 8.58. The Balaban J connectivity index is 2.31. The van der Waals surface area contributed by atoms with Crippen molar-refractivity contribution < 1.29 is 33.5 Å². The van der Waals surface area contributed by atoms with E-state index in [-0.39, 0.29) is 11.3 Å². The van der Waals surface area contributed by atoms with Crippen molar-refractivity contribution in [2.75, 3.05) is 0 Å². The molecule has 0 unspecified atom stereocenters. The molecule has 0 aliphatic carbocycles. The Morgan fingerprint density at radius 3 is 2.18 bits per heavy atom. The smallest absolute Gasteiger partial charge is 0.478 e. The van der Waals surface area contributed by atoms with Crippen LogP contribution in [0.3, 0.4) is 0 Å². The van der Waals surface area contributed by atoms with Crippen molar-refractivity contribution in [1.82, 2.24) is 0 Å². The summed E-state index contributed by atoms with van der Waals surface area (Å²) in [4.78, 5) is 23.6. The molecule has 28 heavy (non-hydrogen) atoms. The summed E-state index contributed by atoms with van der Waals surface area (Å²) in [6.45, 7) is 12.8. The molecule has 0 aromatic heterocycles. The number of carbonyl (C=O) groups is 2. The maximum absolute atomic E-state index is 12.1. The van der Waals surface area contributed by atoms with Crippen LogP contribution in [0.1, 0.15) is 64.4 Å². The van der Waals surface area contributed by atoms with Crippen molar-refractivity contribution in [3.63, 3.8) is 0 Å². The van der Waals surface area contributed by atoms with Crippen LogP contribution in [0.15, 0.2) is 24.2 Å². The molecule has 0 saturated carbocycles. The highest BCUT2D eigenvalue weighted by molar-refractivity contribution is 6.52. The van der Waals surface area contributed by atoms with Crippen molar-refractivity contribution >= 4 is 25.3 Å². The predicted molar refractivity (Wildman–Crippen MR) is 105 cm³/mol. The lowest BCUT2D eigenvalue weighted by atomic mass is 9.89. The first kappa shape index (κ1) is 22.0. The van der Waals surface area contributed by atoms with Gasteiger partial charge in [0.1, 0.15) is 11.2 Å². The first-order chi connectivity index (χ1) is 12.7. The van der Waals surface area contributed by atoms with Gasteiger partial charge in [-0.25, -0.2) is 9.59 Å². The molecule has 152 valence electrons. The molecule has 0 spiro atoms. The van der Waals surface area contributed by atoms with Gasteiger partial charge in [-0.2, -0.15) is 0 Å². The Morgan fingerprint density at radius 1 is 1.11 bits per heavy atom. The molecule has 1 N–H and O–H groups in total. The van der Waals surface area contributed by atoms with Crippen LogP contribution < -0.4 is 4.74 Å². The maximum atomic E-state index is 12.1. The normalized spacial score (nSPS) is 18.3. The fourth-order valence-corrected chi connectivity index (χ4v) is 2.47. The topological polar surface area (TPSA) is 91.3 Å². The van der Waals surface area contributed by atoms with Gasteiger partial charge in [-0.05, 0) is 54.5 Å². The van der Waals surface area contributed by atoms with Gasteiger partial charge in [-0.3, -0.25) is 0 Å². The second-order valence-electron chi connectivity index (χ2n) is 8.58. The standard InChI is InChI=1S/C20H27BO7/c1-18(2,3)26-17(24)25-15-13(9-8-10-14(15)16(22)23)11-12-21-27-19(4,5)20(6,7)28-21/h8-12H,1-7H3,(H,22,23)/b12-11+. The van der Waals surface area contributed by atoms with E-state index in [9.17, 15) is 14.7 Å². The summed E-state index contributed by atoms with van der Waals surface area (Å²) in [7, 11) is -0.618. The Kier molecular flexibility index (Phi) is 5.97. The molecular formula is C20H27BO7.